The first kappa shape index (κ1) is 14.4. The van der Waals surface area contributed by atoms with Gasteiger partial charge in [-0.25, -0.2) is 0 Å². The minimum Gasteiger partial charge on any atom is -0.496 e. The Hall–Kier alpha value is -1.02. The van der Waals surface area contributed by atoms with Gasteiger partial charge >= 0.3 is 0 Å². The largest absolute Gasteiger partial charge is 0.496 e. The summed E-state index contributed by atoms with van der Waals surface area (Å²) in [5.74, 6) is 2.65. The fraction of sp³-hybridized carbons (Fsp3) is 0.647. The number of benzene rings is 1. The summed E-state index contributed by atoms with van der Waals surface area (Å²) >= 11 is 0. The van der Waals surface area contributed by atoms with E-state index < -0.39 is 0 Å². The molecule has 0 aliphatic heterocycles. The summed E-state index contributed by atoms with van der Waals surface area (Å²) < 4.78 is 5.43. The molecular weight excluding hydrogens is 234 g/mol. The molecule has 2 rings (SSSR count). The second-order valence-corrected chi connectivity index (χ2v) is 6.10. The topological polar surface area (TPSA) is 21.3 Å². The van der Waals surface area contributed by atoms with Gasteiger partial charge in [-0.2, -0.15) is 0 Å². The molecule has 1 saturated carbocycles. The van der Waals surface area contributed by atoms with E-state index in [2.05, 4.69) is 38.2 Å². The Kier molecular flexibility index (Phi) is 4.87. The number of hydrogen-bond donors (Lipinski definition) is 1. The molecule has 0 aromatic heterocycles. The Bertz CT molecular complexity index is 404. The van der Waals surface area contributed by atoms with Crippen LogP contribution < -0.4 is 10.1 Å². The third kappa shape index (κ3) is 3.50. The highest BCUT2D eigenvalue weighted by molar-refractivity contribution is 5.33. The molecule has 0 heterocycles. The Morgan fingerprint density at radius 2 is 2.00 bits per heavy atom. The van der Waals surface area contributed by atoms with E-state index in [1.54, 1.807) is 7.11 Å². The summed E-state index contributed by atoms with van der Waals surface area (Å²) in [6.07, 6.45) is 3.71. The molecule has 2 nitrogen and oxygen atoms in total. The van der Waals surface area contributed by atoms with Gasteiger partial charge in [0, 0.05) is 12.1 Å². The van der Waals surface area contributed by atoms with Gasteiger partial charge in [-0.3, -0.25) is 0 Å². The van der Waals surface area contributed by atoms with Gasteiger partial charge < -0.3 is 10.1 Å². The second-order valence-electron chi connectivity index (χ2n) is 6.10. The third-order valence-electron chi connectivity index (χ3n) is 4.68. The van der Waals surface area contributed by atoms with E-state index >= 15 is 0 Å². The molecule has 1 fully saturated rings. The van der Waals surface area contributed by atoms with E-state index in [-0.39, 0.29) is 0 Å². The highest BCUT2D eigenvalue weighted by atomic mass is 16.5. The molecule has 19 heavy (non-hydrogen) atoms. The van der Waals surface area contributed by atoms with Gasteiger partial charge in [0.2, 0.25) is 0 Å². The van der Waals surface area contributed by atoms with Crippen LogP contribution in [0, 0.1) is 11.8 Å². The van der Waals surface area contributed by atoms with Crippen LogP contribution in [0.4, 0.5) is 0 Å². The van der Waals surface area contributed by atoms with E-state index in [4.69, 9.17) is 4.74 Å². The predicted molar refractivity (Wildman–Crippen MR) is 80.6 cm³/mol. The van der Waals surface area contributed by atoms with Crippen molar-refractivity contribution in [2.24, 2.45) is 11.8 Å². The van der Waals surface area contributed by atoms with Crippen LogP contribution in [0.25, 0.3) is 0 Å². The molecule has 106 valence electrons. The van der Waals surface area contributed by atoms with E-state index in [9.17, 15) is 0 Å². The average molecular weight is 261 g/mol. The lowest BCUT2D eigenvalue weighted by atomic mass is 9.96. The average Bonchev–Trinajstić information content (AvgIpc) is 2.71. The van der Waals surface area contributed by atoms with Crippen LogP contribution in [0.3, 0.4) is 0 Å². The number of ether oxygens (including phenoxy) is 1. The molecule has 1 aromatic carbocycles. The Balaban J connectivity index is 1.92. The van der Waals surface area contributed by atoms with Crippen molar-refractivity contribution in [3.8, 4) is 5.75 Å². The minimum absolute atomic E-state index is 0.494. The van der Waals surface area contributed by atoms with E-state index in [1.165, 1.54) is 18.4 Å². The van der Waals surface area contributed by atoms with Crippen molar-refractivity contribution < 1.29 is 4.74 Å². The lowest BCUT2D eigenvalue weighted by Gasteiger charge is -2.24. The Labute approximate surface area is 117 Å². The first-order valence-corrected chi connectivity index (χ1v) is 7.49. The predicted octanol–water partition coefficient (Wildman–Crippen LogP) is 3.65. The zero-order valence-electron chi connectivity index (χ0n) is 12.6. The van der Waals surface area contributed by atoms with Gasteiger partial charge in [0.1, 0.15) is 5.75 Å². The molecule has 4 atom stereocenters. The Morgan fingerprint density at radius 1 is 1.26 bits per heavy atom. The molecule has 1 N–H and O–H groups in total. The minimum atomic E-state index is 0.494. The van der Waals surface area contributed by atoms with Gasteiger partial charge in [-0.15, -0.1) is 0 Å². The van der Waals surface area contributed by atoms with Crippen molar-refractivity contribution in [2.75, 3.05) is 7.11 Å². The normalized spacial score (nSPS) is 28.3. The fourth-order valence-electron chi connectivity index (χ4n) is 3.23. The molecule has 1 aliphatic rings. The summed E-state index contributed by atoms with van der Waals surface area (Å²) in [7, 11) is 1.75. The van der Waals surface area contributed by atoms with Gasteiger partial charge in [0.25, 0.3) is 0 Å². The number of methoxy groups -OCH3 is 1. The van der Waals surface area contributed by atoms with Crippen molar-refractivity contribution in [3.05, 3.63) is 29.8 Å². The summed E-state index contributed by atoms with van der Waals surface area (Å²) in [6, 6.07) is 9.50. The van der Waals surface area contributed by atoms with Crippen molar-refractivity contribution >= 4 is 0 Å². The number of rotatable bonds is 5. The zero-order valence-corrected chi connectivity index (χ0v) is 12.6. The van der Waals surface area contributed by atoms with Gasteiger partial charge in [-0.1, -0.05) is 32.0 Å². The lowest BCUT2D eigenvalue weighted by molar-refractivity contribution is 0.341. The van der Waals surface area contributed by atoms with Crippen molar-refractivity contribution in [1.29, 1.82) is 0 Å². The molecule has 4 unspecified atom stereocenters. The molecule has 0 bridgehead atoms. The van der Waals surface area contributed by atoms with E-state index in [0.29, 0.717) is 12.1 Å². The third-order valence-corrected chi connectivity index (χ3v) is 4.68. The first-order valence-electron chi connectivity index (χ1n) is 7.49. The SMILES string of the molecule is COc1ccccc1CC(C)NC1CCC(C)C1C. The molecule has 0 spiro atoms. The van der Waals surface area contributed by atoms with Crippen LogP contribution >= 0.6 is 0 Å². The first-order chi connectivity index (χ1) is 9.11. The second kappa shape index (κ2) is 6.42. The molecule has 0 radical (unpaired) electrons. The van der Waals surface area contributed by atoms with Gasteiger partial charge in [-0.05, 0) is 49.7 Å². The molecule has 0 saturated heterocycles. The zero-order chi connectivity index (χ0) is 13.8. The molecule has 1 aromatic rings. The maximum absolute atomic E-state index is 5.43. The van der Waals surface area contributed by atoms with Crippen molar-refractivity contribution in [3.63, 3.8) is 0 Å². The fourth-order valence-corrected chi connectivity index (χ4v) is 3.23. The summed E-state index contributed by atoms with van der Waals surface area (Å²) in [5.41, 5.74) is 1.30. The van der Waals surface area contributed by atoms with Crippen LogP contribution in [0.1, 0.15) is 39.2 Å². The van der Waals surface area contributed by atoms with Crippen molar-refractivity contribution in [2.45, 2.75) is 52.1 Å². The van der Waals surface area contributed by atoms with Crippen LogP contribution in [0.5, 0.6) is 5.75 Å². The monoisotopic (exact) mass is 261 g/mol. The van der Waals surface area contributed by atoms with Crippen LogP contribution in [0.15, 0.2) is 24.3 Å². The standard InChI is InChI=1S/C17H27NO/c1-12-9-10-16(14(12)3)18-13(2)11-15-7-5-6-8-17(15)19-4/h5-8,12-14,16,18H,9-11H2,1-4H3. The van der Waals surface area contributed by atoms with Crippen molar-refractivity contribution in [1.82, 2.24) is 5.32 Å². The molecular formula is C17H27NO. The van der Waals surface area contributed by atoms with Crippen LogP contribution in [0.2, 0.25) is 0 Å². The number of hydrogen-bond acceptors (Lipinski definition) is 2. The maximum atomic E-state index is 5.43. The van der Waals surface area contributed by atoms with E-state index in [1.807, 2.05) is 12.1 Å². The summed E-state index contributed by atoms with van der Waals surface area (Å²) in [4.78, 5) is 0. The summed E-state index contributed by atoms with van der Waals surface area (Å²) in [6.45, 7) is 7.03. The maximum Gasteiger partial charge on any atom is 0.122 e. The molecule has 0 amide bonds. The highest BCUT2D eigenvalue weighted by Gasteiger charge is 2.30. The van der Waals surface area contributed by atoms with E-state index in [0.717, 1.165) is 24.0 Å². The Morgan fingerprint density at radius 3 is 2.63 bits per heavy atom. The molecule has 1 aliphatic carbocycles. The summed E-state index contributed by atoms with van der Waals surface area (Å²) in [5, 5.41) is 3.80. The lowest BCUT2D eigenvalue weighted by Crippen LogP contribution is -2.40. The number of nitrogens with one attached hydrogen (secondary N) is 1. The van der Waals surface area contributed by atoms with Crippen LogP contribution in [-0.4, -0.2) is 19.2 Å². The van der Waals surface area contributed by atoms with Crippen LogP contribution in [-0.2, 0) is 6.42 Å². The van der Waals surface area contributed by atoms with Gasteiger partial charge in [0.15, 0.2) is 0 Å². The quantitative estimate of drug-likeness (QED) is 0.873. The van der Waals surface area contributed by atoms with Gasteiger partial charge in [0.05, 0.1) is 7.11 Å². The smallest absolute Gasteiger partial charge is 0.122 e. The molecule has 2 heteroatoms. The number of para-hydroxylation sites is 1. The highest BCUT2D eigenvalue weighted by Crippen LogP contribution is 2.31.